The van der Waals surface area contributed by atoms with Crippen LogP contribution in [0.25, 0.3) is 10.2 Å². The molecule has 34 heavy (non-hydrogen) atoms. The van der Waals surface area contributed by atoms with Crippen LogP contribution in [0.4, 0.5) is 19.6 Å². The van der Waals surface area contributed by atoms with Crippen molar-refractivity contribution in [3.8, 4) is 23.0 Å². The minimum atomic E-state index is -3.23. The van der Waals surface area contributed by atoms with E-state index in [1.54, 1.807) is 30.3 Å². The number of carbonyl (C=O) groups is 1. The van der Waals surface area contributed by atoms with Gasteiger partial charge < -0.3 is 14.2 Å². The Bertz CT molecular complexity index is 1360. The van der Waals surface area contributed by atoms with E-state index in [0.717, 1.165) is 24.5 Å². The Morgan fingerprint density at radius 1 is 1.09 bits per heavy atom. The lowest BCUT2D eigenvalue weighted by atomic mass is 10.1. The standard InChI is InChI=1S/C22H15F2N3O6S/c1-31-17-10-14(16(27(29)30)11-18(17)33-21(23)24)20(28)26-22-25-15-8-7-13(9-19(15)34-22)32-12-5-3-2-4-6-12/h2-11,21H,1H3,(H,25,26,28). The second-order valence-corrected chi connectivity index (χ2v) is 7.70. The molecule has 12 heteroatoms. The zero-order valence-corrected chi connectivity index (χ0v) is 18.2. The topological polar surface area (TPSA) is 113 Å². The van der Waals surface area contributed by atoms with Gasteiger partial charge in [0.1, 0.15) is 17.1 Å². The average Bonchev–Trinajstić information content (AvgIpc) is 3.20. The quantitative estimate of drug-likeness (QED) is 0.245. The molecule has 3 aromatic carbocycles. The molecule has 4 aromatic rings. The third kappa shape index (κ3) is 5.02. The highest BCUT2D eigenvalue weighted by atomic mass is 32.1. The van der Waals surface area contributed by atoms with Crippen molar-refractivity contribution in [2.24, 2.45) is 0 Å². The fourth-order valence-corrected chi connectivity index (χ4v) is 3.93. The Morgan fingerprint density at radius 2 is 1.85 bits per heavy atom. The molecule has 0 saturated carbocycles. The van der Waals surface area contributed by atoms with Crippen LogP contribution in [-0.4, -0.2) is 29.5 Å². The number of alkyl halides is 2. The van der Waals surface area contributed by atoms with Crippen molar-refractivity contribution in [1.29, 1.82) is 0 Å². The molecule has 1 aromatic heterocycles. The van der Waals surface area contributed by atoms with Crippen LogP contribution in [0.1, 0.15) is 10.4 Å². The number of hydrogen-bond donors (Lipinski definition) is 1. The highest BCUT2D eigenvalue weighted by Crippen LogP contribution is 2.37. The number of nitro groups is 1. The van der Waals surface area contributed by atoms with E-state index in [4.69, 9.17) is 9.47 Å². The van der Waals surface area contributed by atoms with Gasteiger partial charge in [0.15, 0.2) is 16.6 Å². The van der Waals surface area contributed by atoms with Gasteiger partial charge in [-0.05, 0) is 24.3 Å². The van der Waals surface area contributed by atoms with E-state index in [-0.39, 0.29) is 10.9 Å². The number of amides is 1. The highest BCUT2D eigenvalue weighted by molar-refractivity contribution is 7.22. The Morgan fingerprint density at radius 3 is 2.53 bits per heavy atom. The number of halogens is 2. The van der Waals surface area contributed by atoms with E-state index in [9.17, 15) is 23.7 Å². The molecule has 174 valence electrons. The van der Waals surface area contributed by atoms with Gasteiger partial charge in [-0.25, -0.2) is 4.98 Å². The van der Waals surface area contributed by atoms with Crippen molar-refractivity contribution in [2.45, 2.75) is 6.61 Å². The average molecular weight is 487 g/mol. The molecule has 0 spiro atoms. The van der Waals surface area contributed by atoms with E-state index >= 15 is 0 Å². The van der Waals surface area contributed by atoms with Gasteiger partial charge in [-0.3, -0.25) is 20.2 Å². The predicted molar refractivity (Wildman–Crippen MR) is 120 cm³/mol. The van der Waals surface area contributed by atoms with Gasteiger partial charge in [0, 0.05) is 12.1 Å². The summed E-state index contributed by atoms with van der Waals surface area (Å²) >= 11 is 1.13. The number of nitro benzene ring substituents is 1. The molecule has 0 aliphatic heterocycles. The van der Waals surface area contributed by atoms with Crippen LogP contribution in [0.5, 0.6) is 23.0 Å². The first kappa shape index (κ1) is 22.9. The number of aromatic nitrogens is 1. The van der Waals surface area contributed by atoms with Crippen molar-refractivity contribution in [1.82, 2.24) is 4.98 Å². The van der Waals surface area contributed by atoms with Crippen molar-refractivity contribution < 1.29 is 32.7 Å². The number of rotatable bonds is 8. The van der Waals surface area contributed by atoms with Crippen LogP contribution in [-0.2, 0) is 0 Å². The number of thiazole rings is 1. The second kappa shape index (κ2) is 9.67. The van der Waals surface area contributed by atoms with Crippen molar-refractivity contribution in [3.05, 3.63) is 76.3 Å². The fraction of sp³-hybridized carbons (Fsp3) is 0.0909. The predicted octanol–water partition coefficient (Wildman–Crippen LogP) is 5.86. The zero-order valence-electron chi connectivity index (χ0n) is 17.4. The molecular weight excluding hydrogens is 472 g/mol. The molecule has 1 heterocycles. The summed E-state index contributed by atoms with van der Waals surface area (Å²) in [6, 6.07) is 16.0. The maximum Gasteiger partial charge on any atom is 0.387 e. The number of nitrogens with zero attached hydrogens (tertiary/aromatic N) is 2. The molecule has 0 aliphatic carbocycles. The van der Waals surface area contributed by atoms with Gasteiger partial charge in [-0.1, -0.05) is 29.5 Å². The van der Waals surface area contributed by atoms with Crippen LogP contribution in [0.15, 0.2) is 60.7 Å². The minimum absolute atomic E-state index is 0.179. The summed E-state index contributed by atoms with van der Waals surface area (Å²) in [4.78, 5) is 27.7. The monoisotopic (exact) mass is 487 g/mol. The molecule has 1 amide bonds. The molecule has 0 saturated heterocycles. The largest absolute Gasteiger partial charge is 0.493 e. The molecule has 0 fully saturated rings. The number of fused-ring (bicyclic) bond motifs is 1. The third-order valence-electron chi connectivity index (χ3n) is 4.50. The normalized spacial score (nSPS) is 10.8. The Balaban J connectivity index is 1.60. The Kier molecular flexibility index (Phi) is 6.50. The van der Waals surface area contributed by atoms with E-state index in [0.29, 0.717) is 27.8 Å². The van der Waals surface area contributed by atoms with Gasteiger partial charge in [-0.2, -0.15) is 8.78 Å². The molecule has 4 rings (SSSR count). The van der Waals surface area contributed by atoms with Gasteiger partial charge in [-0.15, -0.1) is 0 Å². The summed E-state index contributed by atoms with van der Waals surface area (Å²) in [6.45, 7) is -3.23. The first-order valence-corrected chi connectivity index (χ1v) is 10.4. The number of carbonyl (C=O) groups excluding carboxylic acids is 1. The number of benzene rings is 3. The molecule has 0 bridgehead atoms. The molecule has 0 unspecified atom stereocenters. The van der Waals surface area contributed by atoms with Crippen molar-refractivity contribution in [3.63, 3.8) is 0 Å². The van der Waals surface area contributed by atoms with E-state index in [1.807, 2.05) is 18.2 Å². The highest BCUT2D eigenvalue weighted by Gasteiger charge is 2.26. The molecular formula is C22H15F2N3O6S. The minimum Gasteiger partial charge on any atom is -0.493 e. The molecule has 0 atom stereocenters. The SMILES string of the molecule is COc1cc(C(=O)Nc2nc3ccc(Oc4ccccc4)cc3s2)c([N+](=O)[O-])cc1OC(F)F. The number of para-hydroxylation sites is 1. The maximum absolute atomic E-state index is 12.8. The second-order valence-electron chi connectivity index (χ2n) is 6.67. The van der Waals surface area contributed by atoms with Gasteiger partial charge >= 0.3 is 6.61 Å². The molecule has 0 aliphatic rings. The first-order chi connectivity index (χ1) is 16.3. The van der Waals surface area contributed by atoms with Crippen LogP contribution in [0, 0.1) is 10.1 Å². The summed E-state index contributed by atoms with van der Waals surface area (Å²) in [6.07, 6.45) is 0. The number of ether oxygens (including phenoxy) is 3. The van der Waals surface area contributed by atoms with Crippen LogP contribution in [0.2, 0.25) is 0 Å². The number of nitrogens with one attached hydrogen (secondary N) is 1. The third-order valence-corrected chi connectivity index (χ3v) is 5.43. The van der Waals surface area contributed by atoms with Crippen LogP contribution in [0.3, 0.4) is 0 Å². The fourth-order valence-electron chi connectivity index (χ4n) is 3.04. The van der Waals surface area contributed by atoms with Gasteiger partial charge in [0.05, 0.1) is 28.3 Å². The lowest BCUT2D eigenvalue weighted by Crippen LogP contribution is -2.15. The summed E-state index contributed by atoms with van der Waals surface area (Å²) < 4.78 is 40.9. The molecule has 9 nitrogen and oxygen atoms in total. The van der Waals surface area contributed by atoms with Crippen molar-refractivity contribution in [2.75, 3.05) is 12.4 Å². The lowest BCUT2D eigenvalue weighted by Gasteiger charge is -2.11. The van der Waals surface area contributed by atoms with Crippen LogP contribution < -0.4 is 19.5 Å². The van der Waals surface area contributed by atoms with Gasteiger partial charge in [0.25, 0.3) is 11.6 Å². The van der Waals surface area contributed by atoms with Gasteiger partial charge in [0.2, 0.25) is 0 Å². The number of hydrogen-bond acceptors (Lipinski definition) is 8. The van der Waals surface area contributed by atoms with E-state index < -0.39 is 34.4 Å². The van der Waals surface area contributed by atoms with Crippen molar-refractivity contribution >= 4 is 38.3 Å². The number of anilines is 1. The van der Waals surface area contributed by atoms with E-state index in [1.165, 1.54) is 0 Å². The Labute approximate surface area is 194 Å². The number of methoxy groups -OCH3 is 1. The van der Waals surface area contributed by atoms with E-state index in [2.05, 4.69) is 15.0 Å². The zero-order chi connectivity index (χ0) is 24.2. The molecule has 1 N–H and O–H groups in total. The summed E-state index contributed by atoms with van der Waals surface area (Å²) in [5, 5.41) is 14.1. The Hall–Kier alpha value is -4.32. The maximum atomic E-state index is 12.8. The molecule has 0 radical (unpaired) electrons. The lowest BCUT2D eigenvalue weighted by molar-refractivity contribution is -0.385. The summed E-state index contributed by atoms with van der Waals surface area (Å²) in [5.74, 6) is -0.473. The van der Waals surface area contributed by atoms with Crippen LogP contribution >= 0.6 is 11.3 Å². The summed E-state index contributed by atoms with van der Waals surface area (Å²) in [5.41, 5.74) is -0.557. The smallest absolute Gasteiger partial charge is 0.387 e. The summed E-state index contributed by atoms with van der Waals surface area (Å²) in [7, 11) is 1.16. The first-order valence-electron chi connectivity index (χ1n) is 9.60.